The number of rotatable bonds is 14. The van der Waals surface area contributed by atoms with Gasteiger partial charge in [-0.1, -0.05) is 135 Å². The second kappa shape index (κ2) is 42.9. The predicted molar refractivity (Wildman–Crippen MR) is 557 cm³/mol. The van der Waals surface area contributed by atoms with Crippen LogP contribution in [0.4, 0.5) is 23.1 Å². The first kappa shape index (κ1) is 94.9. The number of halogens is 2. The molecular weight excluding hydrogens is 1790 g/mol. The highest BCUT2D eigenvalue weighted by molar-refractivity contribution is 6.31. The maximum atomic E-state index is 12.4. The first-order chi connectivity index (χ1) is 66.9. The Morgan fingerprint density at radius 1 is 0.435 bits per heavy atom. The minimum Gasteiger partial charge on any atom is -0.497 e. The van der Waals surface area contributed by atoms with Crippen molar-refractivity contribution in [2.45, 2.75) is 54.0 Å². The van der Waals surface area contributed by atoms with Crippen LogP contribution in [0.3, 0.4) is 0 Å². The van der Waals surface area contributed by atoms with Gasteiger partial charge >= 0.3 is 0 Å². The predicted octanol–water partition coefficient (Wildman–Crippen LogP) is 16.7. The van der Waals surface area contributed by atoms with Crippen LogP contribution in [0.25, 0.3) is 153 Å². The number of aromatic amines is 7. The molecule has 0 unspecified atom stereocenters. The van der Waals surface area contributed by atoms with Crippen molar-refractivity contribution < 1.29 is 14.3 Å². The second-order valence-corrected chi connectivity index (χ2v) is 33.7. The van der Waals surface area contributed by atoms with E-state index in [1.54, 1.807) is 105 Å². The number of H-pyrrole nitrogens is 7. The van der Waals surface area contributed by atoms with Crippen LogP contribution in [0.1, 0.15) is 45.4 Å². The average Bonchev–Trinajstić information content (AvgIpc) is 0.763. The second-order valence-electron chi connectivity index (χ2n) is 33.0. The summed E-state index contributed by atoms with van der Waals surface area (Å²) in [4.78, 5) is 165. The molecule has 0 atom stereocenters. The summed E-state index contributed by atoms with van der Waals surface area (Å²) in [5.74, 6) is 1.84. The maximum absolute atomic E-state index is 12.4. The van der Waals surface area contributed by atoms with Crippen molar-refractivity contribution in [2.75, 3.05) is 93.6 Å². The summed E-state index contributed by atoms with van der Waals surface area (Å²) in [7, 11) is 1.58. The highest BCUT2D eigenvalue weighted by Crippen LogP contribution is 2.30. The molecule has 1 aliphatic heterocycles. The number of aryl methyl sites for hydroxylation is 2. The molecule has 31 nitrogen and oxygen atoms in total. The number of hydrogen-bond acceptors (Lipinski definition) is 22. The van der Waals surface area contributed by atoms with Gasteiger partial charge < -0.3 is 66.2 Å². The Morgan fingerprint density at radius 2 is 0.870 bits per heavy atom. The number of anilines is 4. The number of benzene rings is 7. The number of nitrogens with two attached hydrogens (primary N) is 1. The molecule has 0 saturated carbocycles. The number of nitrogens with zero attached hydrogens (tertiary/aromatic N) is 10. The summed E-state index contributed by atoms with van der Waals surface area (Å²) in [5, 5.41) is 20.7. The number of amides is 2. The van der Waals surface area contributed by atoms with E-state index < -0.39 is 0 Å². The zero-order valence-electron chi connectivity index (χ0n) is 76.4. The number of piperazine rings is 1. The highest BCUT2D eigenvalue weighted by atomic mass is 35.5. The zero-order chi connectivity index (χ0) is 96.8. The van der Waals surface area contributed by atoms with E-state index in [2.05, 4.69) is 123 Å². The first-order valence-electron chi connectivity index (χ1n) is 44.8. The highest BCUT2D eigenvalue weighted by Gasteiger charge is 2.22. The molecule has 1 aliphatic rings. The molecule has 12 N–H and O–H groups in total. The van der Waals surface area contributed by atoms with Crippen LogP contribution >= 0.6 is 23.2 Å². The van der Waals surface area contributed by atoms with E-state index in [9.17, 15) is 43.2 Å². The van der Waals surface area contributed by atoms with E-state index >= 15 is 0 Å². The molecule has 1 saturated heterocycles. The number of carbonyl (C=O) groups is 2. The number of carbonyl (C=O) groups excluding carboxylic acids is 2. The number of nitrogen functional groups attached to an aromatic ring is 1. The quantitative estimate of drug-likeness (QED) is 0.0274. The van der Waals surface area contributed by atoms with Crippen LogP contribution in [0.15, 0.2) is 283 Å². The summed E-state index contributed by atoms with van der Waals surface area (Å²) < 4.78 is 5.12. The third-order valence-electron chi connectivity index (χ3n) is 23.9. The van der Waals surface area contributed by atoms with Gasteiger partial charge in [0.1, 0.15) is 29.1 Å². The maximum Gasteiger partial charge on any atom is 0.256 e. The van der Waals surface area contributed by atoms with E-state index in [4.69, 9.17) is 38.7 Å². The van der Waals surface area contributed by atoms with Crippen molar-refractivity contribution in [3.63, 3.8) is 0 Å². The minimum atomic E-state index is -0.327. The van der Waals surface area contributed by atoms with Gasteiger partial charge in [-0.05, 0) is 180 Å². The molecule has 0 aliphatic carbocycles. The van der Waals surface area contributed by atoms with Gasteiger partial charge in [0.25, 0.3) is 38.9 Å². The molecule has 14 aromatic heterocycles. The van der Waals surface area contributed by atoms with Crippen molar-refractivity contribution in [1.82, 2.24) is 84.5 Å². The van der Waals surface area contributed by atoms with Gasteiger partial charge in [0.2, 0.25) is 11.8 Å². The summed E-state index contributed by atoms with van der Waals surface area (Å²) in [5.41, 5.74) is 16.9. The van der Waals surface area contributed by atoms with Crippen molar-refractivity contribution >= 4 is 211 Å². The lowest BCUT2D eigenvalue weighted by atomic mass is 10.1. The smallest absolute Gasteiger partial charge is 0.256 e. The number of nitrogens with one attached hydrogen (secondary N) is 10. The van der Waals surface area contributed by atoms with Gasteiger partial charge in [-0.3, -0.25) is 72.9 Å². The van der Waals surface area contributed by atoms with Crippen LogP contribution in [0.5, 0.6) is 5.75 Å². The summed E-state index contributed by atoms with van der Waals surface area (Å²) >= 11 is 11.3. The van der Waals surface area contributed by atoms with Gasteiger partial charge in [0, 0.05) is 133 Å². The fourth-order valence-electron chi connectivity index (χ4n) is 16.7. The molecule has 1 fully saturated rings. The molecule has 15 heterocycles. The Bertz CT molecular complexity index is 8680. The Balaban J connectivity index is 0.000000117. The summed E-state index contributed by atoms with van der Waals surface area (Å²) in [6, 6.07) is 68.2. The Kier molecular flexibility index (Phi) is 29.5. The third kappa shape index (κ3) is 21.4. The Morgan fingerprint density at radius 3 is 1.39 bits per heavy atom. The van der Waals surface area contributed by atoms with Gasteiger partial charge in [-0.25, -0.2) is 15.0 Å². The molecule has 138 heavy (non-hydrogen) atoms. The number of fused-ring (bicyclic) bond motifs is 21. The van der Waals surface area contributed by atoms with E-state index in [1.807, 2.05) is 166 Å². The first-order valence-corrected chi connectivity index (χ1v) is 45.7. The molecule has 2 amide bonds. The van der Waals surface area contributed by atoms with E-state index in [1.165, 1.54) is 0 Å². The third-order valence-corrected chi connectivity index (χ3v) is 24.4. The van der Waals surface area contributed by atoms with Gasteiger partial charge in [0.05, 0.1) is 108 Å². The summed E-state index contributed by atoms with van der Waals surface area (Å²) in [6.07, 6.45) is 7.84. The van der Waals surface area contributed by atoms with Crippen LogP contribution in [-0.2, 0) is 9.59 Å². The van der Waals surface area contributed by atoms with E-state index in [0.29, 0.717) is 106 Å². The molecular formula is C105H97Cl2N21O10. The number of pyridine rings is 14. The number of methoxy groups -OCH3 is 1. The standard InChI is InChI=1S/C21H25N5O2.C19H24N4O.C14H10ClN3O2.C14H12N2O.C13H10N2O2.C12H7ClN2O.C12H9N3O/c1-14(2)26-9-7-25(8-10-26)13-19(27)23-15-11-18-20(22-12-15)16-5-3-4-6-17(16)21(28)24-18;1-3-23(4-2)13-7-12-20-17-11-10-16-18(22-17)14-8-5-6-9-15(14)19(24)21-16;15-7-12(19)17-11-6-5-10-13(18-11)8-3-1-2-4-9(8)14(20)16-10;1-8-9(2)15-7-12-10-5-3-4-6-11(10)14(17)16-13(8)12;1-17-8-4-5-9-10(7-8)13(16)15-11-3-2-6-14-12(9)11;13-7-5-10-11(14-6-7)8-3-1-2-4-9(8)12(16)15-10;13-10-6-5-9-11(15-10)7-3-1-2-4-8(7)12(16)14-9/h3-6,11-12,14H,7-10,13H2,1-2H3,(H,23,27)(H,24,28);5-6,8-11H,3-4,7,12-13H2,1-2H3,(H,20,22)(H,21,24);1-6H,7H2,(H,16,20)(H,17,18,19);3-7H,1-2H3,(H,16,17);2-7H,1H3,(H,15,16);1-6H,(H,15,16);1-6H,(H2,13,15)(H,14,16). The van der Waals surface area contributed by atoms with Crippen molar-refractivity contribution in [3.8, 4) is 5.75 Å². The molecule has 0 spiro atoms. The fraction of sp³-hybridized carbons (Fsp3) is 0.181. The van der Waals surface area contributed by atoms with Crippen molar-refractivity contribution in [2.24, 2.45) is 0 Å². The lowest BCUT2D eigenvalue weighted by Gasteiger charge is -2.36. The lowest BCUT2D eigenvalue weighted by molar-refractivity contribution is -0.118. The van der Waals surface area contributed by atoms with Crippen LogP contribution in [-0.4, -0.2) is 174 Å². The average molecular weight is 1880 g/mol. The number of aromatic nitrogens is 14. The van der Waals surface area contributed by atoms with Crippen LogP contribution in [0.2, 0.25) is 5.02 Å². The zero-order valence-corrected chi connectivity index (χ0v) is 77.9. The van der Waals surface area contributed by atoms with Crippen molar-refractivity contribution in [3.05, 3.63) is 338 Å². The lowest BCUT2D eigenvalue weighted by Crippen LogP contribution is -2.50. The van der Waals surface area contributed by atoms with E-state index in [-0.39, 0.29) is 56.6 Å². The van der Waals surface area contributed by atoms with E-state index in [0.717, 1.165) is 163 Å². The van der Waals surface area contributed by atoms with Gasteiger partial charge in [-0.15, -0.1) is 11.6 Å². The minimum absolute atomic E-state index is 0.0400. The molecule has 21 aromatic rings. The molecule has 0 bridgehead atoms. The SMILES string of the molecule is CC(C)N1CCN(CC(=O)Nc2cnc3c(c2)[nH]c(=O)c2ccccc23)CC1.CCN(CC)CCCNc1ccc2[nH]c(=O)c3ccccc3c2n1.COc1ccc2c(c1)c(=O)[nH]c1cccnc12.Cc1ncc2c([nH]c(=O)c3ccccc32)c1C.Nc1ccc2[nH]c(=O)c3ccccc3c2n1.O=C(CCl)Nc1ccc2[nH]c(=O)c3ccccc3c2n1.O=c1[nH]c2cc(Cl)cnc2c2ccccc12. The summed E-state index contributed by atoms with van der Waals surface area (Å²) in [6.45, 7) is 21.0. The monoisotopic (exact) mass is 1880 g/mol. The Labute approximate surface area is 796 Å². The largest absolute Gasteiger partial charge is 0.497 e. The number of hydrogen-bond donors (Lipinski definition) is 11. The number of alkyl halides is 1. The topological polar surface area (TPSA) is 435 Å². The molecule has 33 heteroatoms. The molecule has 0 radical (unpaired) electrons. The van der Waals surface area contributed by atoms with Gasteiger partial charge in [-0.2, -0.15) is 0 Å². The Hall–Kier alpha value is -16.3. The number of ether oxygens (including phenoxy) is 1. The van der Waals surface area contributed by atoms with Crippen LogP contribution < -0.4 is 65.3 Å². The normalized spacial score (nSPS) is 12.1. The van der Waals surface area contributed by atoms with Crippen molar-refractivity contribution in [1.29, 1.82) is 0 Å². The molecule has 7 aromatic carbocycles. The van der Waals surface area contributed by atoms with Gasteiger partial charge in [0.15, 0.2) is 0 Å². The molecule has 22 rings (SSSR count). The fourth-order valence-corrected chi connectivity index (χ4v) is 16.9. The molecule has 696 valence electrons. The van der Waals surface area contributed by atoms with Crippen LogP contribution in [0, 0.1) is 13.8 Å².